The SMILES string of the molecule is c1ccc(C2=C(c3ccccc3)C3=C(C2)[P-]3)cc1. The second-order valence-electron chi connectivity index (χ2n) is 4.67. The molecule has 0 radical (unpaired) electrons. The second-order valence-corrected chi connectivity index (χ2v) is 5.88. The highest BCUT2D eigenvalue weighted by Gasteiger charge is 2.23. The van der Waals surface area contributed by atoms with Crippen LogP contribution in [0.2, 0.25) is 0 Å². The van der Waals surface area contributed by atoms with E-state index in [4.69, 9.17) is 0 Å². The van der Waals surface area contributed by atoms with Gasteiger partial charge in [-0.1, -0.05) is 60.7 Å². The fraction of sp³-hybridized carbons (Fsp3) is 0.0588. The van der Waals surface area contributed by atoms with E-state index in [1.54, 1.807) is 10.6 Å². The Bertz CT molecular complexity index is 663. The van der Waals surface area contributed by atoms with E-state index < -0.39 is 0 Å². The predicted octanol–water partition coefficient (Wildman–Crippen LogP) is 5.17. The van der Waals surface area contributed by atoms with Gasteiger partial charge in [-0.15, -0.1) is 0 Å². The molecule has 1 heterocycles. The molecule has 1 aliphatic heterocycles. The van der Waals surface area contributed by atoms with Gasteiger partial charge in [-0.2, -0.15) is 0 Å². The number of hydrogen-bond acceptors (Lipinski definition) is 0. The summed E-state index contributed by atoms with van der Waals surface area (Å²) < 4.78 is 0. The Kier molecular flexibility index (Phi) is 2.25. The minimum absolute atomic E-state index is 1.14. The highest BCUT2D eigenvalue weighted by molar-refractivity contribution is 7.58. The van der Waals surface area contributed by atoms with Gasteiger partial charge in [-0.05, 0) is 28.7 Å². The molecule has 0 amide bonds. The van der Waals surface area contributed by atoms with E-state index in [-0.39, 0.29) is 0 Å². The lowest BCUT2D eigenvalue weighted by Gasteiger charge is -2.17. The molecule has 0 N–H and O–H groups in total. The smallest absolute Gasteiger partial charge is 0.0204 e. The molecule has 0 atom stereocenters. The maximum Gasteiger partial charge on any atom is -0.0204 e. The van der Waals surface area contributed by atoms with Crippen LogP contribution in [0, 0.1) is 0 Å². The van der Waals surface area contributed by atoms with Gasteiger partial charge in [0.25, 0.3) is 0 Å². The van der Waals surface area contributed by atoms with Crippen molar-refractivity contribution in [2.75, 3.05) is 0 Å². The third-order valence-corrected chi connectivity index (χ3v) is 4.68. The summed E-state index contributed by atoms with van der Waals surface area (Å²) >= 11 is 0. The lowest BCUT2D eigenvalue weighted by molar-refractivity contribution is 1.41. The molecule has 1 heteroatoms. The highest BCUT2D eigenvalue weighted by atomic mass is 31.1. The van der Waals surface area contributed by atoms with Crippen LogP contribution in [0.5, 0.6) is 0 Å². The molecule has 0 saturated carbocycles. The molecule has 1 aliphatic carbocycles. The first-order valence-electron chi connectivity index (χ1n) is 6.23. The Morgan fingerprint density at radius 3 is 2.00 bits per heavy atom. The average Bonchev–Trinajstić information content (AvgIpc) is 3.11. The van der Waals surface area contributed by atoms with Crippen LogP contribution in [0.25, 0.3) is 11.1 Å². The van der Waals surface area contributed by atoms with Crippen molar-refractivity contribution in [3.8, 4) is 0 Å². The van der Waals surface area contributed by atoms with Crippen molar-refractivity contribution in [1.29, 1.82) is 0 Å². The minimum atomic E-state index is 1.14. The van der Waals surface area contributed by atoms with Crippen molar-refractivity contribution in [3.63, 3.8) is 0 Å². The molecule has 0 fully saturated rings. The van der Waals surface area contributed by atoms with Gasteiger partial charge >= 0.3 is 0 Å². The number of hydrogen-bond donors (Lipinski definition) is 0. The van der Waals surface area contributed by atoms with Crippen molar-refractivity contribution in [3.05, 3.63) is 82.4 Å². The maximum absolute atomic E-state index is 2.22. The zero-order valence-corrected chi connectivity index (χ0v) is 10.8. The molecule has 4 rings (SSSR count). The first-order chi connectivity index (χ1) is 8.93. The zero-order valence-electron chi connectivity index (χ0n) is 9.93. The highest BCUT2D eigenvalue weighted by Crippen LogP contribution is 2.68. The molecule has 0 bridgehead atoms. The van der Waals surface area contributed by atoms with Gasteiger partial charge in [-0.25, -0.2) is 10.6 Å². The van der Waals surface area contributed by atoms with Gasteiger partial charge in [0.15, 0.2) is 0 Å². The van der Waals surface area contributed by atoms with Crippen LogP contribution < -0.4 is 0 Å². The number of rotatable bonds is 2. The van der Waals surface area contributed by atoms with Crippen LogP contribution in [-0.4, -0.2) is 0 Å². The summed E-state index contributed by atoms with van der Waals surface area (Å²) in [5.74, 6) is 0. The molecule has 0 spiro atoms. The second kappa shape index (κ2) is 3.93. The van der Waals surface area contributed by atoms with Crippen molar-refractivity contribution in [2.45, 2.75) is 6.42 Å². The van der Waals surface area contributed by atoms with Crippen molar-refractivity contribution in [2.24, 2.45) is 0 Å². The van der Waals surface area contributed by atoms with Crippen LogP contribution in [0.3, 0.4) is 0 Å². The Balaban J connectivity index is 1.89. The first-order valence-corrected chi connectivity index (χ1v) is 7.12. The molecule has 0 aromatic heterocycles. The largest absolute Gasteiger partial charge is 0.481 e. The van der Waals surface area contributed by atoms with E-state index in [9.17, 15) is 0 Å². The monoisotopic (exact) mass is 247 g/mol. The standard InChI is InChI=1S/C17H12P/c1-3-7-12(8-4-1)14-11-15-17(18-15)16(14)13-9-5-2-6-10-13/h1-10H,11H2/q-1. The van der Waals surface area contributed by atoms with E-state index in [0.29, 0.717) is 0 Å². The topological polar surface area (TPSA) is 0 Å². The van der Waals surface area contributed by atoms with Gasteiger partial charge in [0, 0.05) is 0 Å². The molecule has 2 aromatic rings. The quantitative estimate of drug-likeness (QED) is 0.642. The number of allylic oxidation sites excluding steroid dienone is 4. The van der Waals surface area contributed by atoms with Gasteiger partial charge in [0.2, 0.25) is 0 Å². The van der Waals surface area contributed by atoms with E-state index >= 15 is 0 Å². The summed E-state index contributed by atoms with van der Waals surface area (Å²) in [6.45, 7) is 0. The first kappa shape index (κ1) is 10.3. The summed E-state index contributed by atoms with van der Waals surface area (Å²) in [5.41, 5.74) is 5.73. The van der Waals surface area contributed by atoms with Crippen molar-refractivity contribution < 1.29 is 0 Å². The molecular formula is C17H12P-. The lowest BCUT2D eigenvalue weighted by Crippen LogP contribution is -1.88. The Labute approximate surface area is 109 Å². The third-order valence-electron chi connectivity index (χ3n) is 3.54. The van der Waals surface area contributed by atoms with Gasteiger partial charge in [0.1, 0.15) is 0 Å². The molecule has 86 valence electrons. The average molecular weight is 247 g/mol. The van der Waals surface area contributed by atoms with E-state index in [1.165, 1.54) is 30.9 Å². The Hall–Kier alpha value is -1.65. The lowest BCUT2D eigenvalue weighted by atomic mass is 9.96. The molecular weight excluding hydrogens is 235 g/mol. The molecule has 0 saturated heterocycles. The van der Waals surface area contributed by atoms with Crippen molar-refractivity contribution in [1.82, 2.24) is 0 Å². The van der Waals surface area contributed by atoms with Crippen LogP contribution >= 0.6 is 8.58 Å². The Morgan fingerprint density at radius 2 is 1.33 bits per heavy atom. The van der Waals surface area contributed by atoms with E-state index in [0.717, 1.165) is 6.42 Å². The van der Waals surface area contributed by atoms with Gasteiger partial charge < -0.3 is 8.58 Å². The van der Waals surface area contributed by atoms with Gasteiger partial charge in [-0.3, -0.25) is 0 Å². The molecule has 2 aromatic carbocycles. The van der Waals surface area contributed by atoms with Crippen LogP contribution in [-0.2, 0) is 0 Å². The normalized spacial score (nSPS) is 18.4. The summed E-state index contributed by atoms with van der Waals surface area (Å²) in [7, 11) is 1.48. The fourth-order valence-electron chi connectivity index (χ4n) is 2.63. The van der Waals surface area contributed by atoms with Crippen LogP contribution in [0.15, 0.2) is 71.3 Å². The summed E-state index contributed by atoms with van der Waals surface area (Å²) in [6.07, 6.45) is 1.14. The van der Waals surface area contributed by atoms with Crippen LogP contribution in [0.1, 0.15) is 17.5 Å². The molecule has 18 heavy (non-hydrogen) atoms. The molecule has 0 nitrogen and oxygen atoms in total. The summed E-state index contributed by atoms with van der Waals surface area (Å²) in [4.78, 5) is 0. The number of benzene rings is 2. The molecule has 2 aliphatic rings. The predicted molar refractivity (Wildman–Crippen MR) is 78.3 cm³/mol. The zero-order chi connectivity index (χ0) is 11.9. The minimum Gasteiger partial charge on any atom is -0.481 e. The van der Waals surface area contributed by atoms with Gasteiger partial charge in [0.05, 0.1) is 0 Å². The summed E-state index contributed by atoms with van der Waals surface area (Å²) in [5, 5.41) is 3.19. The van der Waals surface area contributed by atoms with E-state index in [2.05, 4.69) is 60.7 Å². The van der Waals surface area contributed by atoms with E-state index in [1.807, 2.05) is 0 Å². The Morgan fingerprint density at radius 1 is 0.722 bits per heavy atom. The van der Waals surface area contributed by atoms with Crippen LogP contribution in [0.4, 0.5) is 0 Å². The summed E-state index contributed by atoms with van der Waals surface area (Å²) in [6, 6.07) is 21.6. The third kappa shape index (κ3) is 1.57. The maximum atomic E-state index is 2.22. The molecule has 0 unspecified atom stereocenters. The van der Waals surface area contributed by atoms with Crippen molar-refractivity contribution >= 4 is 19.7 Å². The fourth-order valence-corrected chi connectivity index (χ4v) is 3.65.